The number of aromatic nitrogens is 4. The topological polar surface area (TPSA) is 55.1 Å². The summed E-state index contributed by atoms with van der Waals surface area (Å²) >= 11 is 0. The minimum Gasteiger partial charge on any atom is -0.339 e. The Hall–Kier alpha value is -3.21. The van der Waals surface area contributed by atoms with Gasteiger partial charge in [0.2, 0.25) is 0 Å². The van der Waals surface area contributed by atoms with Crippen molar-refractivity contribution >= 4 is 17.0 Å². The zero-order chi connectivity index (χ0) is 17.2. The van der Waals surface area contributed by atoms with Crippen molar-refractivity contribution in [3.05, 3.63) is 72.3 Å². The number of nitrogens with zero attached hydrogens (tertiary/aromatic N) is 4. The van der Waals surface area contributed by atoms with Crippen molar-refractivity contribution in [2.75, 3.05) is 5.32 Å². The van der Waals surface area contributed by atoms with Gasteiger partial charge in [-0.1, -0.05) is 30.7 Å². The van der Waals surface area contributed by atoms with Crippen LogP contribution in [0.2, 0.25) is 0 Å². The van der Waals surface area contributed by atoms with Gasteiger partial charge in [0, 0.05) is 11.9 Å². The molecule has 0 radical (unpaired) electrons. The molecule has 4 rings (SSSR count). The summed E-state index contributed by atoms with van der Waals surface area (Å²) in [4.78, 5) is 9.14. The number of aryl methyl sites for hydroxylation is 2. The largest absolute Gasteiger partial charge is 0.339 e. The molecule has 0 aliphatic heterocycles. The van der Waals surface area contributed by atoms with Crippen LogP contribution in [0.15, 0.2) is 61.1 Å². The summed E-state index contributed by atoms with van der Waals surface area (Å²) in [5, 5.41) is 7.98. The molecule has 5 heteroatoms. The van der Waals surface area contributed by atoms with Crippen molar-refractivity contribution in [3.8, 4) is 11.3 Å². The Morgan fingerprint density at radius 3 is 2.68 bits per heavy atom. The number of rotatable bonds is 4. The van der Waals surface area contributed by atoms with Gasteiger partial charge in [0.05, 0.1) is 34.9 Å². The lowest BCUT2D eigenvalue weighted by atomic mass is 10.1. The van der Waals surface area contributed by atoms with Crippen molar-refractivity contribution in [1.82, 2.24) is 19.6 Å². The van der Waals surface area contributed by atoms with Crippen LogP contribution < -0.4 is 5.32 Å². The number of fused-ring (bicyclic) bond motifs is 1. The molecule has 3 heterocycles. The molecule has 124 valence electrons. The number of pyridine rings is 1. The van der Waals surface area contributed by atoms with Crippen LogP contribution >= 0.6 is 0 Å². The van der Waals surface area contributed by atoms with Crippen LogP contribution in [0.1, 0.15) is 18.2 Å². The normalized spacial score (nSPS) is 11.0. The van der Waals surface area contributed by atoms with Crippen molar-refractivity contribution in [2.45, 2.75) is 20.3 Å². The molecule has 1 N–H and O–H groups in total. The molecule has 0 aliphatic carbocycles. The van der Waals surface area contributed by atoms with Crippen LogP contribution in [0.3, 0.4) is 0 Å². The molecule has 0 unspecified atom stereocenters. The Bertz CT molecular complexity index is 1020. The van der Waals surface area contributed by atoms with E-state index in [4.69, 9.17) is 4.98 Å². The van der Waals surface area contributed by atoms with Gasteiger partial charge < -0.3 is 5.32 Å². The summed E-state index contributed by atoms with van der Waals surface area (Å²) in [6, 6.07) is 14.3. The highest BCUT2D eigenvalue weighted by atomic mass is 15.2. The van der Waals surface area contributed by atoms with Crippen LogP contribution in [-0.2, 0) is 6.42 Å². The maximum atomic E-state index is 4.76. The van der Waals surface area contributed by atoms with Gasteiger partial charge in [-0.25, -0.2) is 9.50 Å². The van der Waals surface area contributed by atoms with Crippen LogP contribution in [-0.4, -0.2) is 19.6 Å². The molecule has 25 heavy (non-hydrogen) atoms. The van der Waals surface area contributed by atoms with Gasteiger partial charge in [0.25, 0.3) is 0 Å². The molecule has 0 spiro atoms. The van der Waals surface area contributed by atoms with E-state index >= 15 is 0 Å². The average molecular weight is 329 g/mol. The first kappa shape index (κ1) is 15.3. The number of benzene rings is 1. The predicted octanol–water partition coefficient (Wildman–Crippen LogP) is 4.41. The van der Waals surface area contributed by atoms with E-state index in [0.717, 1.165) is 40.4 Å². The quantitative estimate of drug-likeness (QED) is 0.603. The van der Waals surface area contributed by atoms with E-state index in [0.29, 0.717) is 0 Å². The maximum Gasteiger partial charge on any atom is 0.149 e. The molecule has 0 saturated heterocycles. The molecule has 3 aromatic heterocycles. The molecular formula is C20H19N5. The first-order valence-electron chi connectivity index (χ1n) is 8.37. The Kier molecular flexibility index (Phi) is 3.90. The number of hydrogen-bond donors (Lipinski definition) is 1. The first-order chi connectivity index (χ1) is 12.2. The third-order valence-electron chi connectivity index (χ3n) is 4.16. The molecule has 1 aromatic carbocycles. The second kappa shape index (κ2) is 6.36. The second-order valence-corrected chi connectivity index (χ2v) is 5.99. The zero-order valence-electron chi connectivity index (χ0n) is 14.3. The minimum absolute atomic E-state index is 0.721. The number of anilines is 2. The van der Waals surface area contributed by atoms with E-state index in [2.05, 4.69) is 47.4 Å². The third-order valence-corrected chi connectivity index (χ3v) is 4.16. The average Bonchev–Trinajstić information content (AvgIpc) is 3.02. The lowest BCUT2D eigenvalue weighted by Gasteiger charge is -2.07. The van der Waals surface area contributed by atoms with Gasteiger partial charge in [-0.2, -0.15) is 5.10 Å². The number of nitrogens with one attached hydrogen (secondary N) is 1. The molecule has 4 aromatic rings. The highest BCUT2D eigenvalue weighted by molar-refractivity contribution is 5.80. The van der Waals surface area contributed by atoms with Gasteiger partial charge in [-0.3, -0.25) is 4.98 Å². The third kappa shape index (κ3) is 2.96. The fraction of sp³-hybridized carbons (Fsp3) is 0.150. The van der Waals surface area contributed by atoms with Crippen molar-refractivity contribution in [1.29, 1.82) is 0 Å². The van der Waals surface area contributed by atoms with Gasteiger partial charge in [-0.15, -0.1) is 0 Å². The van der Waals surface area contributed by atoms with Crippen LogP contribution in [0.25, 0.3) is 16.8 Å². The maximum absolute atomic E-state index is 4.76. The molecule has 0 saturated carbocycles. The Morgan fingerprint density at radius 2 is 1.88 bits per heavy atom. The van der Waals surface area contributed by atoms with E-state index in [-0.39, 0.29) is 0 Å². The van der Waals surface area contributed by atoms with E-state index in [1.54, 1.807) is 12.4 Å². The lowest BCUT2D eigenvalue weighted by molar-refractivity contribution is 0.898. The lowest BCUT2D eigenvalue weighted by Crippen LogP contribution is -1.97. The summed E-state index contributed by atoms with van der Waals surface area (Å²) in [7, 11) is 0. The highest BCUT2D eigenvalue weighted by Gasteiger charge is 2.15. The number of hydrogen-bond acceptors (Lipinski definition) is 4. The fourth-order valence-corrected chi connectivity index (χ4v) is 2.91. The van der Waals surface area contributed by atoms with E-state index < -0.39 is 0 Å². The van der Waals surface area contributed by atoms with E-state index in [1.165, 1.54) is 5.56 Å². The van der Waals surface area contributed by atoms with Gasteiger partial charge in [0.1, 0.15) is 5.82 Å². The minimum atomic E-state index is 0.721. The Morgan fingerprint density at radius 1 is 1.04 bits per heavy atom. The molecule has 5 nitrogen and oxygen atoms in total. The van der Waals surface area contributed by atoms with E-state index in [9.17, 15) is 0 Å². The fourth-order valence-electron chi connectivity index (χ4n) is 2.91. The van der Waals surface area contributed by atoms with E-state index in [1.807, 2.05) is 35.0 Å². The van der Waals surface area contributed by atoms with Crippen molar-refractivity contribution < 1.29 is 0 Å². The first-order valence-corrected chi connectivity index (χ1v) is 8.37. The Labute approximate surface area is 146 Å². The summed E-state index contributed by atoms with van der Waals surface area (Å²) in [5.74, 6) is 0.721. The van der Waals surface area contributed by atoms with Crippen molar-refractivity contribution in [2.24, 2.45) is 0 Å². The second-order valence-electron chi connectivity index (χ2n) is 5.99. The summed E-state index contributed by atoms with van der Waals surface area (Å²) in [6.07, 6.45) is 6.33. The standard InChI is InChI=1S/C20H19N5/c1-3-16-20(18-6-4-5-11-25(18)24-16)17-12-21-13-19(23-17)22-15-9-7-14(2)8-10-15/h4-13H,3H2,1-2H3,(H,22,23). The smallest absolute Gasteiger partial charge is 0.149 e. The van der Waals surface area contributed by atoms with Gasteiger partial charge >= 0.3 is 0 Å². The highest BCUT2D eigenvalue weighted by Crippen LogP contribution is 2.28. The Balaban J connectivity index is 1.76. The summed E-state index contributed by atoms with van der Waals surface area (Å²) in [5.41, 5.74) is 6.16. The van der Waals surface area contributed by atoms with Gasteiger partial charge in [0.15, 0.2) is 0 Å². The molecule has 0 amide bonds. The molecule has 0 fully saturated rings. The molecular weight excluding hydrogens is 310 g/mol. The van der Waals surface area contributed by atoms with Crippen LogP contribution in [0.5, 0.6) is 0 Å². The van der Waals surface area contributed by atoms with Crippen LogP contribution in [0.4, 0.5) is 11.5 Å². The summed E-state index contributed by atoms with van der Waals surface area (Å²) < 4.78 is 1.90. The molecule has 0 atom stereocenters. The summed E-state index contributed by atoms with van der Waals surface area (Å²) in [6.45, 7) is 4.18. The zero-order valence-corrected chi connectivity index (χ0v) is 14.3. The monoisotopic (exact) mass is 329 g/mol. The SMILES string of the molecule is CCc1nn2ccccc2c1-c1cncc(Nc2ccc(C)cc2)n1. The van der Waals surface area contributed by atoms with Crippen molar-refractivity contribution in [3.63, 3.8) is 0 Å². The van der Waals surface area contributed by atoms with Gasteiger partial charge in [-0.05, 0) is 37.6 Å². The predicted molar refractivity (Wildman–Crippen MR) is 100 cm³/mol. The molecule has 0 aliphatic rings. The van der Waals surface area contributed by atoms with Crippen LogP contribution in [0, 0.1) is 6.92 Å². The molecule has 0 bridgehead atoms.